The van der Waals surface area contributed by atoms with Crippen LogP contribution in [0, 0.1) is 19.8 Å². The van der Waals surface area contributed by atoms with E-state index < -0.39 is 0 Å². The Bertz CT molecular complexity index is 1010. The maximum atomic E-state index is 12.7. The predicted molar refractivity (Wildman–Crippen MR) is 120 cm³/mol. The Hall–Kier alpha value is -2.87. The molecule has 0 unspecified atom stereocenters. The third-order valence-corrected chi connectivity index (χ3v) is 5.62. The van der Waals surface area contributed by atoms with Gasteiger partial charge in [-0.1, -0.05) is 23.7 Å². The third kappa shape index (κ3) is 5.44. The summed E-state index contributed by atoms with van der Waals surface area (Å²) in [5, 5.41) is 3.23. The number of esters is 1. The van der Waals surface area contributed by atoms with Crippen LogP contribution >= 0.6 is 11.6 Å². The average molecular weight is 447 g/mol. The fourth-order valence-corrected chi connectivity index (χ4v) is 3.95. The van der Waals surface area contributed by atoms with Gasteiger partial charge in [0.05, 0.1) is 23.2 Å². The highest BCUT2D eigenvalue weighted by molar-refractivity contribution is 6.33. The molecular weight excluding hydrogens is 420 g/mol. The van der Waals surface area contributed by atoms with Crippen LogP contribution in [0.25, 0.3) is 0 Å². The standard InChI is InChI=1S/C22H27ClN4O4/c1-4-31-21(30)16-8-10-26(11-9-16)22-24-15(3)12-19(29)27(22)13-18(28)25-20-14(2)6-5-7-17(20)23/h5-7,12,16H,4,8-11,13H2,1-3H3,(H,25,28). The molecule has 1 aromatic carbocycles. The lowest BCUT2D eigenvalue weighted by atomic mass is 9.97. The van der Waals surface area contributed by atoms with E-state index in [4.69, 9.17) is 16.3 Å². The van der Waals surface area contributed by atoms with Crippen LogP contribution in [-0.2, 0) is 20.9 Å². The SMILES string of the molecule is CCOC(=O)C1CCN(c2nc(C)cc(=O)n2CC(=O)Nc2c(C)cccc2Cl)CC1. The van der Waals surface area contributed by atoms with Crippen molar-refractivity contribution < 1.29 is 14.3 Å². The van der Waals surface area contributed by atoms with Crippen LogP contribution in [0.3, 0.4) is 0 Å². The number of amides is 1. The summed E-state index contributed by atoms with van der Waals surface area (Å²) in [6, 6.07) is 6.76. The van der Waals surface area contributed by atoms with E-state index in [1.807, 2.05) is 17.9 Å². The molecule has 31 heavy (non-hydrogen) atoms. The van der Waals surface area contributed by atoms with Crippen LogP contribution in [0.2, 0.25) is 5.02 Å². The van der Waals surface area contributed by atoms with Crippen LogP contribution in [0.4, 0.5) is 11.6 Å². The van der Waals surface area contributed by atoms with Gasteiger partial charge in [-0.2, -0.15) is 0 Å². The summed E-state index contributed by atoms with van der Waals surface area (Å²) in [5.74, 6) is -0.288. The molecular formula is C22H27ClN4O4. The number of anilines is 2. The number of nitrogens with one attached hydrogen (secondary N) is 1. The quantitative estimate of drug-likeness (QED) is 0.686. The first kappa shape index (κ1) is 22.8. The second-order valence-electron chi connectivity index (χ2n) is 7.62. The van der Waals surface area contributed by atoms with Gasteiger partial charge in [0, 0.05) is 24.8 Å². The molecule has 1 N–H and O–H groups in total. The molecule has 9 heteroatoms. The van der Waals surface area contributed by atoms with E-state index in [2.05, 4.69) is 10.3 Å². The summed E-state index contributed by atoms with van der Waals surface area (Å²) in [6.07, 6.45) is 1.21. The number of para-hydroxylation sites is 1. The first-order valence-corrected chi connectivity index (χ1v) is 10.7. The minimum atomic E-state index is -0.369. The van der Waals surface area contributed by atoms with Crippen molar-refractivity contribution in [1.29, 1.82) is 0 Å². The van der Waals surface area contributed by atoms with E-state index in [0.29, 0.717) is 54.9 Å². The lowest BCUT2D eigenvalue weighted by molar-refractivity contribution is -0.148. The molecule has 0 spiro atoms. The number of carbonyl (C=O) groups excluding carboxylic acids is 2. The van der Waals surface area contributed by atoms with E-state index >= 15 is 0 Å². The number of nitrogens with zero attached hydrogens (tertiary/aromatic N) is 3. The molecule has 1 saturated heterocycles. The number of rotatable bonds is 6. The summed E-state index contributed by atoms with van der Waals surface area (Å²) in [6.45, 7) is 6.64. The Balaban J connectivity index is 1.78. The largest absolute Gasteiger partial charge is 0.466 e. The number of hydrogen-bond acceptors (Lipinski definition) is 6. The molecule has 166 valence electrons. The highest BCUT2D eigenvalue weighted by atomic mass is 35.5. The number of hydrogen-bond donors (Lipinski definition) is 1. The minimum absolute atomic E-state index is 0.160. The molecule has 3 rings (SSSR count). The summed E-state index contributed by atoms with van der Waals surface area (Å²) in [4.78, 5) is 43.9. The summed E-state index contributed by atoms with van der Waals surface area (Å²) < 4.78 is 6.48. The Morgan fingerprint density at radius 1 is 1.26 bits per heavy atom. The van der Waals surface area contributed by atoms with Crippen molar-refractivity contribution in [3.63, 3.8) is 0 Å². The van der Waals surface area contributed by atoms with Crippen LogP contribution in [0.5, 0.6) is 0 Å². The van der Waals surface area contributed by atoms with Gasteiger partial charge in [-0.05, 0) is 45.2 Å². The van der Waals surface area contributed by atoms with Crippen molar-refractivity contribution in [3.8, 4) is 0 Å². The molecule has 8 nitrogen and oxygen atoms in total. The molecule has 2 heterocycles. The van der Waals surface area contributed by atoms with Crippen molar-refractivity contribution in [2.24, 2.45) is 5.92 Å². The number of carbonyl (C=O) groups is 2. The van der Waals surface area contributed by atoms with Crippen molar-refractivity contribution in [1.82, 2.24) is 9.55 Å². The van der Waals surface area contributed by atoms with Crippen molar-refractivity contribution >= 4 is 35.1 Å². The summed E-state index contributed by atoms with van der Waals surface area (Å²) in [5.41, 5.74) is 1.63. The maximum Gasteiger partial charge on any atom is 0.309 e. The summed E-state index contributed by atoms with van der Waals surface area (Å²) >= 11 is 6.20. The Morgan fingerprint density at radius 2 is 1.97 bits per heavy atom. The topological polar surface area (TPSA) is 93.5 Å². The lowest BCUT2D eigenvalue weighted by Gasteiger charge is -2.33. The van der Waals surface area contributed by atoms with Gasteiger partial charge in [0.1, 0.15) is 6.54 Å². The van der Waals surface area contributed by atoms with Crippen LogP contribution < -0.4 is 15.8 Å². The predicted octanol–water partition coefficient (Wildman–Crippen LogP) is 2.93. The van der Waals surface area contributed by atoms with E-state index in [0.717, 1.165) is 5.56 Å². The molecule has 0 saturated carbocycles. The first-order valence-electron chi connectivity index (χ1n) is 10.3. The number of aromatic nitrogens is 2. The monoisotopic (exact) mass is 446 g/mol. The van der Waals surface area contributed by atoms with Gasteiger partial charge in [0.15, 0.2) is 0 Å². The average Bonchev–Trinajstić information content (AvgIpc) is 2.73. The number of ether oxygens (including phenoxy) is 1. The van der Waals surface area contributed by atoms with Gasteiger partial charge in [0.25, 0.3) is 5.56 Å². The highest BCUT2D eigenvalue weighted by Crippen LogP contribution is 2.26. The van der Waals surface area contributed by atoms with Gasteiger partial charge < -0.3 is 15.0 Å². The smallest absolute Gasteiger partial charge is 0.309 e. The second kappa shape index (κ2) is 9.96. The number of piperidine rings is 1. The lowest BCUT2D eigenvalue weighted by Crippen LogP contribution is -2.41. The first-order chi connectivity index (χ1) is 14.8. The van der Waals surface area contributed by atoms with Crippen LogP contribution in [0.15, 0.2) is 29.1 Å². The molecule has 1 fully saturated rings. The molecule has 0 radical (unpaired) electrons. The maximum absolute atomic E-state index is 12.7. The molecule has 1 aliphatic heterocycles. The van der Waals surface area contributed by atoms with Crippen molar-refractivity contribution in [3.05, 3.63) is 50.9 Å². The van der Waals surface area contributed by atoms with Gasteiger partial charge in [-0.25, -0.2) is 4.98 Å². The zero-order valence-electron chi connectivity index (χ0n) is 18.0. The molecule has 0 bridgehead atoms. The fraction of sp³-hybridized carbons (Fsp3) is 0.455. The van der Waals surface area contributed by atoms with Gasteiger partial charge in [0.2, 0.25) is 11.9 Å². The fourth-order valence-electron chi connectivity index (χ4n) is 3.68. The Labute approximate surface area is 186 Å². The summed E-state index contributed by atoms with van der Waals surface area (Å²) in [7, 11) is 0. The number of halogens is 1. The molecule has 0 atom stereocenters. The van der Waals surface area contributed by atoms with Gasteiger partial charge >= 0.3 is 5.97 Å². The van der Waals surface area contributed by atoms with E-state index in [9.17, 15) is 14.4 Å². The molecule has 0 aliphatic carbocycles. The van der Waals surface area contributed by atoms with Gasteiger partial charge in [-0.3, -0.25) is 19.0 Å². The molecule has 1 aliphatic rings. The Morgan fingerprint density at radius 3 is 2.61 bits per heavy atom. The molecule has 1 amide bonds. The molecule has 1 aromatic heterocycles. The van der Waals surface area contributed by atoms with E-state index in [1.54, 1.807) is 26.0 Å². The number of benzene rings is 1. The van der Waals surface area contributed by atoms with Crippen molar-refractivity contribution in [2.45, 2.75) is 40.2 Å². The van der Waals surface area contributed by atoms with Gasteiger partial charge in [-0.15, -0.1) is 0 Å². The van der Waals surface area contributed by atoms with Crippen LogP contribution in [0.1, 0.15) is 31.0 Å². The zero-order chi connectivity index (χ0) is 22.5. The normalized spacial score (nSPS) is 14.4. The van der Waals surface area contributed by atoms with E-state index in [-0.39, 0.29) is 29.9 Å². The molecule has 2 aromatic rings. The highest BCUT2D eigenvalue weighted by Gasteiger charge is 2.28. The van der Waals surface area contributed by atoms with Crippen molar-refractivity contribution in [2.75, 3.05) is 29.9 Å². The minimum Gasteiger partial charge on any atom is -0.466 e. The Kier molecular flexibility index (Phi) is 7.33. The second-order valence-corrected chi connectivity index (χ2v) is 8.02. The van der Waals surface area contributed by atoms with Crippen LogP contribution in [-0.4, -0.2) is 41.1 Å². The van der Waals surface area contributed by atoms with E-state index in [1.165, 1.54) is 10.6 Å². The third-order valence-electron chi connectivity index (χ3n) is 5.30. The zero-order valence-corrected chi connectivity index (χ0v) is 18.7. The number of aryl methyl sites for hydroxylation is 2.